The zero-order chi connectivity index (χ0) is 14.3. The summed E-state index contributed by atoms with van der Waals surface area (Å²) >= 11 is -2.62. The fourth-order valence-corrected chi connectivity index (χ4v) is 6.52. The van der Waals surface area contributed by atoms with Crippen LogP contribution in [0.2, 0.25) is 14.8 Å². The zero-order valence-electron chi connectivity index (χ0n) is 12.1. The summed E-state index contributed by atoms with van der Waals surface area (Å²) in [5, 5.41) is 0. The van der Waals surface area contributed by atoms with E-state index in [9.17, 15) is 4.79 Å². The Bertz CT molecular complexity index is 524. The number of cyclic esters (lactones) is 1. The fourth-order valence-electron chi connectivity index (χ4n) is 2.12. The van der Waals surface area contributed by atoms with Crippen LogP contribution in [-0.2, 0) is 14.3 Å². The van der Waals surface area contributed by atoms with Crippen LogP contribution in [0.15, 0.2) is 33.9 Å². The number of esters is 1. The standard InChI is InChI=1S/C12H11O3.3CH3.Sn/c1-12(2)14-10(8-11(13)15-12)9-6-4-3-5-7-9;;;;/h3-7H,1-2H3;3*1H3;. The summed E-state index contributed by atoms with van der Waals surface area (Å²) in [6.45, 7) is 3.53. The summed E-state index contributed by atoms with van der Waals surface area (Å²) in [5.74, 6) is -0.397. The van der Waals surface area contributed by atoms with Crippen LogP contribution in [-0.4, -0.2) is 30.1 Å². The molecule has 0 radical (unpaired) electrons. The molecule has 3 nitrogen and oxygen atoms in total. The Morgan fingerprint density at radius 2 is 1.58 bits per heavy atom. The van der Waals surface area contributed by atoms with Gasteiger partial charge in [-0.2, -0.15) is 0 Å². The van der Waals surface area contributed by atoms with Crippen molar-refractivity contribution in [2.45, 2.75) is 34.5 Å². The van der Waals surface area contributed by atoms with Gasteiger partial charge in [-0.3, -0.25) is 0 Å². The van der Waals surface area contributed by atoms with Crippen molar-refractivity contribution in [2.24, 2.45) is 0 Å². The van der Waals surface area contributed by atoms with Gasteiger partial charge in [-0.15, -0.1) is 0 Å². The molecule has 0 aliphatic carbocycles. The van der Waals surface area contributed by atoms with Crippen molar-refractivity contribution in [3.05, 3.63) is 39.5 Å². The molecule has 19 heavy (non-hydrogen) atoms. The number of benzene rings is 1. The molecule has 1 heterocycles. The van der Waals surface area contributed by atoms with Gasteiger partial charge >= 0.3 is 118 Å². The second-order valence-electron chi connectivity index (χ2n) is 6.21. The predicted molar refractivity (Wildman–Crippen MR) is 78.0 cm³/mol. The van der Waals surface area contributed by atoms with Crippen LogP contribution in [0.3, 0.4) is 0 Å². The van der Waals surface area contributed by atoms with E-state index < -0.39 is 24.2 Å². The van der Waals surface area contributed by atoms with E-state index in [4.69, 9.17) is 9.47 Å². The van der Waals surface area contributed by atoms with E-state index in [0.29, 0.717) is 5.76 Å². The minimum atomic E-state index is -2.62. The summed E-state index contributed by atoms with van der Waals surface area (Å²) in [4.78, 5) is 18.9. The van der Waals surface area contributed by atoms with Crippen molar-refractivity contribution in [3.8, 4) is 0 Å². The van der Waals surface area contributed by atoms with E-state index in [0.717, 1.165) is 9.15 Å². The fraction of sp³-hybridized carbons (Fsp3) is 0.400. The van der Waals surface area contributed by atoms with Crippen LogP contribution >= 0.6 is 0 Å². The molecule has 0 fully saturated rings. The summed E-state index contributed by atoms with van der Waals surface area (Å²) in [6, 6.07) is 9.81. The number of ether oxygens (including phenoxy) is 2. The molecule has 102 valence electrons. The Balaban J connectivity index is 2.63. The van der Waals surface area contributed by atoms with Crippen molar-refractivity contribution in [1.29, 1.82) is 0 Å². The van der Waals surface area contributed by atoms with Crippen LogP contribution in [0.5, 0.6) is 0 Å². The van der Waals surface area contributed by atoms with Gasteiger partial charge in [-0.05, 0) is 0 Å². The number of hydrogen-bond donors (Lipinski definition) is 0. The van der Waals surface area contributed by atoms with Crippen LogP contribution in [0.25, 0.3) is 5.76 Å². The number of rotatable bonds is 2. The maximum absolute atomic E-state index is 12.3. The summed E-state index contributed by atoms with van der Waals surface area (Å²) in [7, 11) is 0. The van der Waals surface area contributed by atoms with Gasteiger partial charge in [0, 0.05) is 0 Å². The molecule has 0 aromatic heterocycles. The number of hydrogen-bond acceptors (Lipinski definition) is 3. The van der Waals surface area contributed by atoms with E-state index in [-0.39, 0.29) is 5.97 Å². The Morgan fingerprint density at radius 1 is 1.00 bits per heavy atom. The first kappa shape index (κ1) is 14.4. The first-order valence-corrected chi connectivity index (χ1v) is 16.4. The summed E-state index contributed by atoms with van der Waals surface area (Å²) < 4.78 is 12.1. The van der Waals surface area contributed by atoms with Gasteiger partial charge in [0.05, 0.1) is 0 Å². The van der Waals surface area contributed by atoms with Gasteiger partial charge < -0.3 is 0 Å². The molecule has 0 saturated carbocycles. The van der Waals surface area contributed by atoms with Crippen molar-refractivity contribution < 1.29 is 14.3 Å². The third kappa shape index (κ3) is 3.13. The van der Waals surface area contributed by atoms with E-state index in [1.54, 1.807) is 13.8 Å². The first-order valence-electron chi connectivity index (χ1n) is 6.43. The quantitative estimate of drug-likeness (QED) is 0.592. The SMILES string of the molecule is CC1(C)OC(=O)[C]([Sn]([CH3])([CH3])[CH3])=C(c2ccccc2)O1. The molecular formula is C15H20O3Sn. The molecule has 0 atom stereocenters. The summed E-state index contributed by atoms with van der Waals surface area (Å²) in [6.07, 6.45) is 0. The van der Waals surface area contributed by atoms with Gasteiger partial charge in [0.15, 0.2) is 0 Å². The Kier molecular flexibility index (Phi) is 3.69. The number of carbonyl (C=O) groups is 1. The monoisotopic (exact) mass is 368 g/mol. The third-order valence-corrected chi connectivity index (χ3v) is 8.42. The molecule has 0 unspecified atom stereocenters. The molecule has 0 saturated heterocycles. The van der Waals surface area contributed by atoms with Crippen LogP contribution in [0.1, 0.15) is 19.4 Å². The van der Waals surface area contributed by atoms with Gasteiger partial charge in [0.2, 0.25) is 0 Å². The van der Waals surface area contributed by atoms with Crippen LogP contribution < -0.4 is 0 Å². The van der Waals surface area contributed by atoms with E-state index in [1.807, 2.05) is 30.3 Å². The van der Waals surface area contributed by atoms with Gasteiger partial charge in [0.1, 0.15) is 0 Å². The molecule has 0 amide bonds. The van der Waals surface area contributed by atoms with Crippen molar-refractivity contribution >= 4 is 30.1 Å². The van der Waals surface area contributed by atoms with Crippen LogP contribution in [0, 0.1) is 0 Å². The molecular weight excluding hydrogens is 347 g/mol. The molecule has 1 aromatic carbocycles. The minimum absolute atomic E-state index is 0.210. The maximum atomic E-state index is 12.3. The second-order valence-corrected chi connectivity index (χ2v) is 20.5. The Morgan fingerprint density at radius 3 is 2.11 bits per heavy atom. The molecule has 1 aromatic rings. The topological polar surface area (TPSA) is 35.5 Å². The second kappa shape index (κ2) is 4.85. The Labute approximate surface area is 118 Å². The first-order chi connectivity index (χ1) is 8.71. The predicted octanol–water partition coefficient (Wildman–Crippen LogP) is 3.58. The third-order valence-electron chi connectivity index (χ3n) is 2.90. The molecule has 4 heteroatoms. The molecule has 1 aliphatic rings. The van der Waals surface area contributed by atoms with Crippen molar-refractivity contribution in [3.63, 3.8) is 0 Å². The van der Waals surface area contributed by atoms with Crippen molar-refractivity contribution in [2.75, 3.05) is 0 Å². The average Bonchev–Trinajstić information content (AvgIpc) is 2.25. The van der Waals surface area contributed by atoms with Crippen LogP contribution in [0.4, 0.5) is 0 Å². The van der Waals surface area contributed by atoms with Gasteiger partial charge in [0.25, 0.3) is 0 Å². The van der Waals surface area contributed by atoms with E-state index >= 15 is 0 Å². The van der Waals surface area contributed by atoms with Gasteiger partial charge in [-0.1, -0.05) is 0 Å². The molecule has 2 rings (SSSR count). The van der Waals surface area contributed by atoms with Gasteiger partial charge in [-0.25, -0.2) is 0 Å². The molecule has 0 spiro atoms. The Hall–Kier alpha value is -0.971. The molecule has 0 N–H and O–H groups in total. The van der Waals surface area contributed by atoms with Crippen molar-refractivity contribution in [1.82, 2.24) is 0 Å². The molecule has 0 bridgehead atoms. The van der Waals surface area contributed by atoms with E-state index in [2.05, 4.69) is 14.8 Å². The normalized spacial score (nSPS) is 18.9. The zero-order valence-corrected chi connectivity index (χ0v) is 15.0. The summed E-state index contributed by atoms with van der Waals surface area (Å²) in [5.41, 5.74) is 0.953. The molecule has 1 aliphatic heterocycles. The average molecular weight is 367 g/mol. The number of carbonyl (C=O) groups excluding carboxylic acids is 1. The van der Waals surface area contributed by atoms with E-state index in [1.165, 1.54) is 0 Å².